The van der Waals surface area contributed by atoms with E-state index >= 15 is 0 Å². The van der Waals surface area contributed by atoms with Crippen LogP contribution in [0.25, 0.3) is 0 Å². The van der Waals surface area contributed by atoms with Crippen molar-refractivity contribution in [3.05, 3.63) is 100 Å². The van der Waals surface area contributed by atoms with Crippen LogP contribution in [0.4, 0.5) is 5.69 Å². The van der Waals surface area contributed by atoms with Gasteiger partial charge in [0.1, 0.15) is 12.6 Å². The highest BCUT2D eigenvalue weighted by molar-refractivity contribution is 9.10. The number of rotatable bonds is 10. The highest BCUT2D eigenvalue weighted by Crippen LogP contribution is 2.22. The van der Waals surface area contributed by atoms with E-state index < -0.39 is 28.5 Å². The number of likely N-dealkylation sites (N-methyl/N-ethyl adjacent to an activating group) is 1. The van der Waals surface area contributed by atoms with E-state index in [0.29, 0.717) is 5.69 Å². The van der Waals surface area contributed by atoms with E-state index in [1.165, 1.54) is 11.9 Å². The van der Waals surface area contributed by atoms with Crippen LogP contribution in [0.15, 0.2) is 83.3 Å². The summed E-state index contributed by atoms with van der Waals surface area (Å²) in [6.07, 6.45) is 1.35. The molecule has 0 saturated heterocycles. The molecule has 0 aliphatic carbocycles. The molecule has 3 rings (SSSR count). The number of nitrogens with one attached hydrogen (secondary N) is 1. The van der Waals surface area contributed by atoms with Gasteiger partial charge in [-0.05, 0) is 47.9 Å². The van der Waals surface area contributed by atoms with Crippen molar-refractivity contribution in [2.45, 2.75) is 25.9 Å². The van der Waals surface area contributed by atoms with Crippen LogP contribution in [0, 0.1) is 6.92 Å². The zero-order chi connectivity index (χ0) is 26.3. The molecule has 0 heterocycles. The zero-order valence-electron chi connectivity index (χ0n) is 20.5. The van der Waals surface area contributed by atoms with Crippen molar-refractivity contribution in [2.75, 3.05) is 24.2 Å². The summed E-state index contributed by atoms with van der Waals surface area (Å²) in [5.41, 5.74) is 2.96. The Bertz CT molecular complexity index is 1320. The van der Waals surface area contributed by atoms with Crippen molar-refractivity contribution >= 4 is 43.5 Å². The van der Waals surface area contributed by atoms with Crippen LogP contribution < -0.4 is 9.62 Å². The molecule has 0 aromatic heterocycles. The molecule has 3 aromatic carbocycles. The minimum Gasteiger partial charge on any atom is -0.357 e. The van der Waals surface area contributed by atoms with Gasteiger partial charge in [0.25, 0.3) is 0 Å². The van der Waals surface area contributed by atoms with E-state index in [-0.39, 0.29) is 18.9 Å². The number of halogens is 1. The van der Waals surface area contributed by atoms with Gasteiger partial charge in [0.2, 0.25) is 21.8 Å². The monoisotopic (exact) mass is 571 g/mol. The second-order valence-corrected chi connectivity index (χ2v) is 11.4. The molecule has 0 aliphatic heterocycles. The molecular weight excluding hydrogens is 542 g/mol. The highest BCUT2D eigenvalue weighted by atomic mass is 79.9. The van der Waals surface area contributed by atoms with Crippen molar-refractivity contribution in [3.8, 4) is 0 Å². The smallest absolute Gasteiger partial charge is 0.244 e. The molecule has 1 N–H and O–H groups in total. The van der Waals surface area contributed by atoms with Gasteiger partial charge >= 0.3 is 0 Å². The average molecular weight is 573 g/mol. The van der Waals surface area contributed by atoms with Gasteiger partial charge in [0.05, 0.1) is 11.9 Å². The fourth-order valence-electron chi connectivity index (χ4n) is 3.95. The second kappa shape index (κ2) is 12.2. The van der Waals surface area contributed by atoms with Crippen LogP contribution in [0.2, 0.25) is 0 Å². The van der Waals surface area contributed by atoms with E-state index in [9.17, 15) is 18.0 Å². The first-order valence-corrected chi connectivity index (χ1v) is 14.1. The number of amides is 2. The Morgan fingerprint density at radius 1 is 0.944 bits per heavy atom. The van der Waals surface area contributed by atoms with Gasteiger partial charge in [0, 0.05) is 24.5 Å². The topological polar surface area (TPSA) is 86.8 Å². The molecule has 9 heteroatoms. The lowest BCUT2D eigenvalue weighted by Crippen LogP contribution is -2.52. The molecule has 36 heavy (non-hydrogen) atoms. The minimum atomic E-state index is -3.78. The lowest BCUT2D eigenvalue weighted by atomic mass is 10.0. The number of hydrogen-bond donors (Lipinski definition) is 1. The van der Waals surface area contributed by atoms with Gasteiger partial charge in [-0.2, -0.15) is 0 Å². The Balaban J connectivity index is 2.03. The first-order chi connectivity index (χ1) is 17.1. The number of benzene rings is 3. The average Bonchev–Trinajstić information content (AvgIpc) is 2.84. The predicted molar refractivity (Wildman–Crippen MR) is 146 cm³/mol. The Morgan fingerprint density at radius 3 is 2.22 bits per heavy atom. The molecule has 0 unspecified atom stereocenters. The molecule has 0 saturated carbocycles. The SMILES string of the molecule is CNC(=O)[C@@H](Cc1ccccc1)N(Cc1cccc(Br)c1)C(=O)CN(c1cccc(C)c1)S(C)(=O)=O. The largest absolute Gasteiger partial charge is 0.357 e. The van der Waals surface area contributed by atoms with Crippen molar-refractivity contribution in [1.82, 2.24) is 10.2 Å². The van der Waals surface area contributed by atoms with Crippen molar-refractivity contribution in [3.63, 3.8) is 0 Å². The fourth-order valence-corrected chi connectivity index (χ4v) is 5.24. The van der Waals surface area contributed by atoms with Crippen LogP contribution in [0.3, 0.4) is 0 Å². The van der Waals surface area contributed by atoms with Gasteiger partial charge in [-0.1, -0.05) is 70.5 Å². The number of anilines is 1. The molecule has 0 fully saturated rings. The fraction of sp³-hybridized carbons (Fsp3) is 0.259. The number of sulfonamides is 1. The molecule has 1 atom stereocenters. The van der Waals surface area contributed by atoms with E-state index in [0.717, 1.165) is 31.7 Å². The molecule has 0 bridgehead atoms. The van der Waals surface area contributed by atoms with Crippen LogP contribution in [0.5, 0.6) is 0 Å². The standard InChI is InChI=1S/C27H30BrN3O4S/c1-20-9-7-14-24(15-20)31(36(3,34)35)19-26(32)30(18-22-12-8-13-23(28)16-22)25(27(33)29-2)17-21-10-5-4-6-11-21/h4-16,25H,17-19H2,1-3H3,(H,29,33)/t25-/m1/s1. The second-order valence-electron chi connectivity index (χ2n) is 8.58. The lowest BCUT2D eigenvalue weighted by Gasteiger charge is -2.33. The van der Waals surface area contributed by atoms with E-state index in [4.69, 9.17) is 0 Å². The van der Waals surface area contributed by atoms with Gasteiger partial charge in [-0.15, -0.1) is 0 Å². The van der Waals surface area contributed by atoms with Gasteiger partial charge in [-0.3, -0.25) is 13.9 Å². The summed E-state index contributed by atoms with van der Waals surface area (Å²) in [4.78, 5) is 28.4. The lowest BCUT2D eigenvalue weighted by molar-refractivity contribution is -0.139. The third kappa shape index (κ3) is 7.41. The molecule has 7 nitrogen and oxygen atoms in total. The van der Waals surface area contributed by atoms with Gasteiger partial charge in [0.15, 0.2) is 0 Å². The molecule has 0 spiro atoms. The van der Waals surface area contributed by atoms with Crippen LogP contribution >= 0.6 is 15.9 Å². The summed E-state index contributed by atoms with van der Waals surface area (Å²) in [5, 5.41) is 2.67. The number of carbonyl (C=O) groups is 2. The van der Waals surface area contributed by atoms with Gasteiger partial charge < -0.3 is 10.2 Å². The van der Waals surface area contributed by atoms with Crippen molar-refractivity contribution in [2.24, 2.45) is 0 Å². The summed E-state index contributed by atoms with van der Waals surface area (Å²) in [6.45, 7) is 1.56. The molecule has 2 amide bonds. The maximum absolute atomic E-state index is 13.8. The Hall–Kier alpha value is -3.17. The maximum atomic E-state index is 13.8. The first-order valence-electron chi connectivity index (χ1n) is 11.4. The number of carbonyl (C=O) groups excluding carboxylic acids is 2. The predicted octanol–water partition coefficient (Wildman–Crippen LogP) is 3.91. The number of hydrogen-bond acceptors (Lipinski definition) is 4. The Labute approximate surface area is 221 Å². The van der Waals surface area contributed by atoms with Crippen LogP contribution in [-0.4, -0.2) is 51.0 Å². The quantitative estimate of drug-likeness (QED) is 0.399. The van der Waals surface area contributed by atoms with E-state index in [1.54, 1.807) is 18.2 Å². The molecular formula is C27H30BrN3O4S. The Kier molecular flexibility index (Phi) is 9.28. The summed E-state index contributed by atoms with van der Waals surface area (Å²) in [7, 11) is -2.25. The van der Waals surface area contributed by atoms with E-state index in [1.807, 2.05) is 67.6 Å². The third-order valence-corrected chi connectivity index (χ3v) is 7.36. The highest BCUT2D eigenvalue weighted by Gasteiger charge is 2.32. The third-order valence-electron chi connectivity index (χ3n) is 5.73. The number of nitrogens with zero attached hydrogens (tertiary/aromatic N) is 2. The first kappa shape index (κ1) is 27.4. The number of aryl methyl sites for hydroxylation is 1. The minimum absolute atomic E-state index is 0.134. The van der Waals surface area contributed by atoms with E-state index in [2.05, 4.69) is 21.2 Å². The molecule has 3 aromatic rings. The van der Waals surface area contributed by atoms with Crippen molar-refractivity contribution < 1.29 is 18.0 Å². The molecule has 190 valence electrons. The molecule has 0 aliphatic rings. The zero-order valence-corrected chi connectivity index (χ0v) is 22.9. The van der Waals surface area contributed by atoms with Gasteiger partial charge in [-0.25, -0.2) is 8.42 Å². The molecule has 0 radical (unpaired) electrons. The summed E-state index contributed by atoms with van der Waals surface area (Å²) < 4.78 is 27.4. The summed E-state index contributed by atoms with van der Waals surface area (Å²) in [5.74, 6) is -0.810. The maximum Gasteiger partial charge on any atom is 0.244 e. The summed E-state index contributed by atoms with van der Waals surface area (Å²) in [6, 6.07) is 23.0. The normalized spacial score (nSPS) is 12.0. The van der Waals surface area contributed by atoms with Crippen molar-refractivity contribution in [1.29, 1.82) is 0 Å². The summed E-state index contributed by atoms with van der Waals surface area (Å²) >= 11 is 3.46. The van der Waals surface area contributed by atoms with Crippen LogP contribution in [0.1, 0.15) is 16.7 Å². The van der Waals surface area contributed by atoms with Crippen LogP contribution in [-0.2, 0) is 32.6 Å². The Morgan fingerprint density at radius 2 is 1.61 bits per heavy atom.